The maximum absolute atomic E-state index is 12.6. The first-order chi connectivity index (χ1) is 9.82. The van der Waals surface area contributed by atoms with Gasteiger partial charge in [-0.15, -0.1) is 0 Å². The van der Waals surface area contributed by atoms with E-state index in [-0.39, 0.29) is 0 Å². The van der Waals surface area contributed by atoms with Gasteiger partial charge in [0.15, 0.2) is 0 Å². The molecule has 21 heavy (non-hydrogen) atoms. The van der Waals surface area contributed by atoms with Crippen molar-refractivity contribution in [1.29, 1.82) is 0 Å². The lowest BCUT2D eigenvalue weighted by molar-refractivity contribution is 0.427. The molecule has 120 valence electrons. The second-order valence-corrected chi connectivity index (χ2v) is 7.63. The molecule has 0 amide bonds. The molecular weight excluding hydrogens is 308 g/mol. The molecule has 0 aliphatic heterocycles. The summed E-state index contributed by atoms with van der Waals surface area (Å²) in [5.41, 5.74) is 0.805. The summed E-state index contributed by atoms with van der Waals surface area (Å²) in [6.07, 6.45) is 0.794. The van der Waals surface area contributed by atoms with Crippen LogP contribution in [0.25, 0.3) is 0 Å². The molecule has 0 aliphatic carbocycles. The summed E-state index contributed by atoms with van der Waals surface area (Å²) < 4.78 is 26.7. The summed E-state index contributed by atoms with van der Waals surface area (Å²) in [6, 6.07) is 5.22. The van der Waals surface area contributed by atoms with Gasteiger partial charge in [0.1, 0.15) is 0 Å². The number of nitrogens with one attached hydrogen (secondary N) is 1. The van der Waals surface area contributed by atoms with Crippen LogP contribution in [0.5, 0.6) is 0 Å². The first kappa shape index (κ1) is 18.4. The molecular formula is C15H25ClN2O2S. The Morgan fingerprint density at radius 2 is 1.95 bits per heavy atom. The minimum atomic E-state index is -3.44. The SMILES string of the molecule is CCCN(CC)S(=O)(=O)c1ccc(Cl)c(CNC(C)C)c1. The topological polar surface area (TPSA) is 49.4 Å². The van der Waals surface area contributed by atoms with Crippen LogP contribution in [0.3, 0.4) is 0 Å². The Morgan fingerprint density at radius 3 is 2.48 bits per heavy atom. The molecule has 1 aromatic carbocycles. The normalized spacial score (nSPS) is 12.3. The van der Waals surface area contributed by atoms with Gasteiger partial charge in [-0.3, -0.25) is 0 Å². The largest absolute Gasteiger partial charge is 0.310 e. The summed E-state index contributed by atoms with van der Waals surface area (Å²) in [7, 11) is -3.44. The van der Waals surface area contributed by atoms with E-state index >= 15 is 0 Å². The zero-order valence-electron chi connectivity index (χ0n) is 13.2. The minimum Gasteiger partial charge on any atom is -0.310 e. The number of rotatable bonds is 8. The van der Waals surface area contributed by atoms with Crippen molar-refractivity contribution in [3.8, 4) is 0 Å². The highest BCUT2D eigenvalue weighted by Gasteiger charge is 2.23. The lowest BCUT2D eigenvalue weighted by Gasteiger charge is -2.20. The fourth-order valence-corrected chi connectivity index (χ4v) is 3.78. The maximum atomic E-state index is 12.6. The highest BCUT2D eigenvalue weighted by atomic mass is 35.5. The third kappa shape index (κ3) is 4.95. The first-order valence-electron chi connectivity index (χ1n) is 7.34. The fourth-order valence-electron chi connectivity index (χ4n) is 2.01. The van der Waals surface area contributed by atoms with Gasteiger partial charge >= 0.3 is 0 Å². The molecule has 6 heteroatoms. The fraction of sp³-hybridized carbons (Fsp3) is 0.600. The molecule has 0 saturated carbocycles. The maximum Gasteiger partial charge on any atom is 0.243 e. The Labute approximate surface area is 133 Å². The number of hydrogen-bond acceptors (Lipinski definition) is 3. The third-order valence-electron chi connectivity index (χ3n) is 3.18. The van der Waals surface area contributed by atoms with Crippen LogP contribution in [0.4, 0.5) is 0 Å². The van der Waals surface area contributed by atoms with Gasteiger partial charge < -0.3 is 5.32 Å². The van der Waals surface area contributed by atoms with Gasteiger partial charge in [0.25, 0.3) is 0 Å². The molecule has 0 fully saturated rings. The Kier molecular flexibility index (Phi) is 7.13. The highest BCUT2D eigenvalue weighted by molar-refractivity contribution is 7.89. The molecule has 0 saturated heterocycles. The Bertz CT molecular complexity index is 559. The van der Waals surface area contributed by atoms with Crippen LogP contribution in [-0.2, 0) is 16.6 Å². The zero-order chi connectivity index (χ0) is 16.0. The van der Waals surface area contributed by atoms with Crippen LogP contribution >= 0.6 is 11.6 Å². The van der Waals surface area contributed by atoms with E-state index in [4.69, 9.17) is 11.6 Å². The molecule has 1 aromatic rings. The molecule has 0 radical (unpaired) electrons. The molecule has 0 bridgehead atoms. The van der Waals surface area contributed by atoms with Gasteiger partial charge in [-0.05, 0) is 30.2 Å². The van der Waals surface area contributed by atoms with Crippen molar-refractivity contribution in [3.05, 3.63) is 28.8 Å². The predicted octanol–water partition coefficient (Wildman–Crippen LogP) is 3.26. The molecule has 1 rings (SSSR count). The Hall–Kier alpha value is -0.620. The van der Waals surface area contributed by atoms with Crippen molar-refractivity contribution in [2.24, 2.45) is 0 Å². The number of halogens is 1. The van der Waals surface area contributed by atoms with E-state index in [1.807, 2.05) is 27.7 Å². The average molecular weight is 333 g/mol. The van der Waals surface area contributed by atoms with E-state index in [2.05, 4.69) is 5.32 Å². The van der Waals surface area contributed by atoms with E-state index in [9.17, 15) is 8.42 Å². The monoisotopic (exact) mass is 332 g/mol. The van der Waals surface area contributed by atoms with Gasteiger partial charge in [-0.1, -0.05) is 39.3 Å². The molecule has 0 heterocycles. The van der Waals surface area contributed by atoms with Gasteiger partial charge in [-0.25, -0.2) is 8.42 Å². The Balaban J connectivity index is 3.10. The van der Waals surface area contributed by atoms with Crippen molar-refractivity contribution < 1.29 is 8.42 Å². The first-order valence-corrected chi connectivity index (χ1v) is 9.16. The molecule has 0 unspecified atom stereocenters. The summed E-state index contributed by atoms with van der Waals surface area (Å²) in [4.78, 5) is 0.308. The minimum absolute atomic E-state index is 0.308. The van der Waals surface area contributed by atoms with Crippen LogP contribution in [0.1, 0.15) is 39.7 Å². The van der Waals surface area contributed by atoms with Crippen molar-refractivity contribution >= 4 is 21.6 Å². The number of hydrogen-bond donors (Lipinski definition) is 1. The van der Waals surface area contributed by atoms with Crippen LogP contribution in [-0.4, -0.2) is 31.9 Å². The molecule has 0 spiro atoms. The predicted molar refractivity (Wildman–Crippen MR) is 88.2 cm³/mol. The quantitative estimate of drug-likeness (QED) is 0.795. The summed E-state index contributed by atoms with van der Waals surface area (Å²) in [5.74, 6) is 0. The molecule has 0 aromatic heterocycles. The second kappa shape index (κ2) is 8.13. The summed E-state index contributed by atoms with van der Waals surface area (Å²) in [6.45, 7) is 9.45. The third-order valence-corrected chi connectivity index (χ3v) is 5.52. The van der Waals surface area contributed by atoms with Crippen molar-refractivity contribution in [2.45, 2.75) is 51.6 Å². The number of nitrogens with zero attached hydrogens (tertiary/aromatic N) is 1. The van der Waals surface area contributed by atoms with Crippen molar-refractivity contribution in [2.75, 3.05) is 13.1 Å². The van der Waals surface area contributed by atoms with E-state index in [1.165, 1.54) is 4.31 Å². The van der Waals surface area contributed by atoms with Crippen LogP contribution in [0, 0.1) is 0 Å². The van der Waals surface area contributed by atoms with Gasteiger partial charge in [0, 0.05) is 30.7 Å². The zero-order valence-corrected chi connectivity index (χ0v) is 14.8. The van der Waals surface area contributed by atoms with E-state index < -0.39 is 10.0 Å². The van der Waals surface area contributed by atoms with E-state index in [0.29, 0.717) is 35.6 Å². The van der Waals surface area contributed by atoms with Crippen LogP contribution in [0.2, 0.25) is 5.02 Å². The Morgan fingerprint density at radius 1 is 1.29 bits per heavy atom. The molecule has 4 nitrogen and oxygen atoms in total. The standard InChI is InChI=1S/C15H25ClN2O2S/c1-5-9-18(6-2)21(19,20)14-7-8-15(16)13(10-14)11-17-12(3)4/h7-8,10,12,17H,5-6,9,11H2,1-4H3. The number of sulfonamides is 1. The molecule has 0 atom stereocenters. The molecule has 0 aliphatic rings. The van der Waals surface area contributed by atoms with Crippen LogP contribution in [0.15, 0.2) is 23.1 Å². The van der Waals surface area contributed by atoms with Crippen molar-refractivity contribution in [3.63, 3.8) is 0 Å². The molecule has 1 N–H and O–H groups in total. The van der Waals surface area contributed by atoms with E-state index in [0.717, 1.165) is 12.0 Å². The number of benzene rings is 1. The van der Waals surface area contributed by atoms with Gasteiger partial charge in [0.2, 0.25) is 10.0 Å². The lowest BCUT2D eigenvalue weighted by Crippen LogP contribution is -2.31. The summed E-state index contributed by atoms with van der Waals surface area (Å²) in [5, 5.41) is 3.84. The van der Waals surface area contributed by atoms with Crippen molar-refractivity contribution in [1.82, 2.24) is 9.62 Å². The van der Waals surface area contributed by atoms with Gasteiger partial charge in [-0.2, -0.15) is 4.31 Å². The van der Waals surface area contributed by atoms with Gasteiger partial charge in [0.05, 0.1) is 4.90 Å². The average Bonchev–Trinajstić information content (AvgIpc) is 2.43. The smallest absolute Gasteiger partial charge is 0.243 e. The lowest BCUT2D eigenvalue weighted by atomic mass is 10.2. The summed E-state index contributed by atoms with van der Waals surface area (Å²) >= 11 is 6.16. The van der Waals surface area contributed by atoms with Crippen LogP contribution < -0.4 is 5.32 Å². The van der Waals surface area contributed by atoms with E-state index in [1.54, 1.807) is 18.2 Å². The highest BCUT2D eigenvalue weighted by Crippen LogP contribution is 2.23. The second-order valence-electron chi connectivity index (χ2n) is 5.29.